The predicted molar refractivity (Wildman–Crippen MR) is 37.3 cm³/mol. The van der Waals surface area contributed by atoms with Gasteiger partial charge in [-0.2, -0.15) is 8.42 Å². The van der Waals surface area contributed by atoms with Crippen molar-refractivity contribution < 1.29 is 17.8 Å². The molecule has 64 valence electrons. The zero-order chi connectivity index (χ0) is 8.48. The van der Waals surface area contributed by atoms with Crippen molar-refractivity contribution in [1.29, 1.82) is 0 Å². The van der Waals surface area contributed by atoms with E-state index in [2.05, 4.69) is 5.32 Å². The van der Waals surface area contributed by atoms with Gasteiger partial charge in [-0.3, -0.25) is 9.35 Å². The first-order valence-electron chi connectivity index (χ1n) is 3.26. The average Bonchev–Trinajstić information content (AvgIpc) is 1.86. The highest BCUT2D eigenvalue weighted by Gasteiger charge is 2.27. The second-order valence-corrected chi connectivity index (χ2v) is 4.06. The third kappa shape index (κ3) is 2.16. The lowest BCUT2D eigenvalue weighted by molar-refractivity contribution is -0.122. The molecule has 1 atom stereocenters. The summed E-state index contributed by atoms with van der Waals surface area (Å²) in [5, 5.41) is 1.09. The Morgan fingerprint density at radius 3 is 2.55 bits per heavy atom. The monoisotopic (exact) mass is 179 g/mol. The van der Waals surface area contributed by atoms with Crippen LogP contribution in [-0.4, -0.2) is 24.3 Å². The van der Waals surface area contributed by atoms with E-state index < -0.39 is 15.5 Å². The van der Waals surface area contributed by atoms with E-state index in [-0.39, 0.29) is 5.91 Å². The van der Waals surface area contributed by atoms with Crippen LogP contribution in [-0.2, 0) is 14.9 Å². The summed E-state index contributed by atoms with van der Waals surface area (Å²) in [5.74, 6) is -0.320. The van der Waals surface area contributed by atoms with E-state index in [0.29, 0.717) is 19.3 Å². The number of rotatable bonds is 1. The van der Waals surface area contributed by atoms with E-state index in [9.17, 15) is 13.2 Å². The molecule has 1 rings (SSSR count). The first-order valence-corrected chi connectivity index (χ1v) is 4.76. The third-order valence-corrected chi connectivity index (χ3v) is 2.62. The maximum absolute atomic E-state index is 10.6. The fraction of sp³-hybridized carbons (Fsp3) is 0.800. The van der Waals surface area contributed by atoms with Crippen LogP contribution in [0.5, 0.6) is 0 Å². The lowest BCUT2D eigenvalue weighted by Crippen LogP contribution is -2.43. The molecule has 5 nitrogen and oxygen atoms in total. The Labute approximate surface area is 64.5 Å². The molecule has 1 saturated heterocycles. The maximum atomic E-state index is 10.6. The van der Waals surface area contributed by atoms with Crippen LogP contribution in [0.15, 0.2) is 0 Å². The number of hydrogen-bond donors (Lipinski definition) is 2. The van der Waals surface area contributed by atoms with Crippen LogP contribution in [0, 0.1) is 0 Å². The molecule has 0 bridgehead atoms. The standard InChI is InChI=1S/C5H9NO4S/c7-4-2-1-3-5(6-4)11(8,9)10/h5H,1-3H2,(H,6,7)(H,8,9,10). The second-order valence-electron chi connectivity index (χ2n) is 2.46. The van der Waals surface area contributed by atoms with E-state index in [1.807, 2.05) is 0 Å². The van der Waals surface area contributed by atoms with Gasteiger partial charge >= 0.3 is 0 Å². The normalized spacial score (nSPS) is 26.3. The van der Waals surface area contributed by atoms with Crippen molar-refractivity contribution in [1.82, 2.24) is 5.32 Å². The minimum atomic E-state index is -4.09. The van der Waals surface area contributed by atoms with Crippen molar-refractivity contribution in [2.45, 2.75) is 24.6 Å². The summed E-state index contributed by atoms with van der Waals surface area (Å²) < 4.78 is 29.5. The molecule has 6 heteroatoms. The average molecular weight is 179 g/mol. The lowest BCUT2D eigenvalue weighted by atomic mass is 10.2. The Morgan fingerprint density at radius 1 is 1.55 bits per heavy atom. The van der Waals surface area contributed by atoms with Gasteiger partial charge < -0.3 is 5.32 Å². The summed E-state index contributed by atoms with van der Waals surface area (Å²) in [6, 6.07) is 0. The Bertz CT molecular complexity index is 258. The molecule has 1 unspecified atom stereocenters. The predicted octanol–water partition coefficient (Wildman–Crippen LogP) is -0.500. The number of hydrogen-bond acceptors (Lipinski definition) is 3. The number of piperidine rings is 1. The van der Waals surface area contributed by atoms with Crippen molar-refractivity contribution in [3.63, 3.8) is 0 Å². The smallest absolute Gasteiger partial charge is 0.286 e. The molecule has 0 aromatic carbocycles. The molecule has 1 fully saturated rings. The van der Waals surface area contributed by atoms with Crippen molar-refractivity contribution in [3.8, 4) is 0 Å². The van der Waals surface area contributed by atoms with E-state index in [0.717, 1.165) is 0 Å². The highest BCUT2D eigenvalue weighted by atomic mass is 32.2. The molecular formula is C5H9NO4S. The molecule has 1 aliphatic rings. The second kappa shape index (κ2) is 2.78. The van der Waals surface area contributed by atoms with Gasteiger partial charge in [0, 0.05) is 6.42 Å². The van der Waals surface area contributed by atoms with Crippen LogP contribution in [0.1, 0.15) is 19.3 Å². The largest absolute Gasteiger partial charge is 0.338 e. The molecule has 0 spiro atoms. The van der Waals surface area contributed by atoms with Gasteiger partial charge in [-0.05, 0) is 12.8 Å². The van der Waals surface area contributed by atoms with E-state index >= 15 is 0 Å². The summed E-state index contributed by atoms with van der Waals surface area (Å²) >= 11 is 0. The zero-order valence-corrected chi connectivity index (χ0v) is 6.60. The Kier molecular flexibility index (Phi) is 2.15. The molecule has 0 aromatic heterocycles. The van der Waals surface area contributed by atoms with Gasteiger partial charge in [-0.15, -0.1) is 0 Å². The van der Waals surface area contributed by atoms with E-state index in [1.54, 1.807) is 0 Å². The molecule has 0 saturated carbocycles. The van der Waals surface area contributed by atoms with Crippen LogP contribution >= 0.6 is 0 Å². The van der Waals surface area contributed by atoms with E-state index in [4.69, 9.17) is 4.55 Å². The summed E-state index contributed by atoms with van der Waals surface area (Å²) in [6.07, 6.45) is 1.15. The van der Waals surface area contributed by atoms with Crippen LogP contribution in [0.4, 0.5) is 0 Å². The van der Waals surface area contributed by atoms with Crippen LogP contribution < -0.4 is 5.32 Å². The summed E-state index contributed by atoms with van der Waals surface area (Å²) in [6.45, 7) is 0. The Morgan fingerprint density at radius 2 is 2.18 bits per heavy atom. The number of carbonyl (C=O) groups is 1. The van der Waals surface area contributed by atoms with Gasteiger partial charge in [0.15, 0.2) is 5.37 Å². The van der Waals surface area contributed by atoms with Crippen molar-refractivity contribution in [2.24, 2.45) is 0 Å². The van der Waals surface area contributed by atoms with Gasteiger partial charge in [0.1, 0.15) is 0 Å². The molecular weight excluding hydrogens is 170 g/mol. The van der Waals surface area contributed by atoms with Gasteiger partial charge in [-0.25, -0.2) is 0 Å². The number of amides is 1. The van der Waals surface area contributed by atoms with Gasteiger partial charge in [0.2, 0.25) is 5.91 Å². The quantitative estimate of drug-likeness (QED) is 0.531. The number of carbonyl (C=O) groups excluding carboxylic acids is 1. The Hall–Kier alpha value is -0.620. The molecule has 11 heavy (non-hydrogen) atoms. The number of nitrogens with one attached hydrogen (secondary N) is 1. The fourth-order valence-corrected chi connectivity index (χ4v) is 1.74. The molecule has 1 amide bonds. The molecule has 0 radical (unpaired) electrons. The highest BCUT2D eigenvalue weighted by Crippen LogP contribution is 2.11. The minimum absolute atomic E-state index is 0.296. The Balaban J connectivity index is 2.68. The molecule has 1 heterocycles. The zero-order valence-electron chi connectivity index (χ0n) is 5.78. The van der Waals surface area contributed by atoms with Gasteiger partial charge in [0.25, 0.3) is 10.1 Å². The van der Waals surface area contributed by atoms with Crippen LogP contribution in [0.2, 0.25) is 0 Å². The lowest BCUT2D eigenvalue weighted by Gasteiger charge is -2.19. The van der Waals surface area contributed by atoms with Gasteiger partial charge in [0.05, 0.1) is 0 Å². The third-order valence-electron chi connectivity index (χ3n) is 1.55. The summed E-state index contributed by atoms with van der Waals surface area (Å²) in [7, 11) is -4.09. The van der Waals surface area contributed by atoms with Crippen LogP contribution in [0.25, 0.3) is 0 Å². The molecule has 0 aromatic rings. The van der Waals surface area contributed by atoms with Crippen LogP contribution in [0.3, 0.4) is 0 Å². The topological polar surface area (TPSA) is 83.5 Å². The first kappa shape index (κ1) is 8.48. The fourth-order valence-electron chi connectivity index (χ4n) is 0.995. The molecule has 1 aliphatic heterocycles. The minimum Gasteiger partial charge on any atom is -0.338 e. The maximum Gasteiger partial charge on any atom is 0.286 e. The van der Waals surface area contributed by atoms with Crippen molar-refractivity contribution >= 4 is 16.0 Å². The SMILES string of the molecule is O=C1CCCC(S(=O)(=O)O)N1. The first-order chi connectivity index (χ1) is 5.00. The van der Waals surface area contributed by atoms with Gasteiger partial charge in [-0.1, -0.05) is 0 Å². The molecule has 0 aliphatic carbocycles. The molecule has 2 N–H and O–H groups in total. The summed E-state index contributed by atoms with van der Waals surface area (Å²) in [4.78, 5) is 10.6. The van der Waals surface area contributed by atoms with Crippen molar-refractivity contribution in [3.05, 3.63) is 0 Å². The van der Waals surface area contributed by atoms with E-state index in [1.165, 1.54) is 0 Å². The summed E-state index contributed by atoms with van der Waals surface area (Å²) in [5.41, 5.74) is 0. The van der Waals surface area contributed by atoms with Crippen molar-refractivity contribution in [2.75, 3.05) is 0 Å². The highest BCUT2D eigenvalue weighted by molar-refractivity contribution is 7.86.